The minimum absolute atomic E-state index is 0.0118. The highest BCUT2D eigenvalue weighted by Gasteiger charge is 2.18. The number of nitrogens with zero attached hydrogens (tertiary/aromatic N) is 1. The molecule has 1 heterocycles. The molecule has 8 heteroatoms. The molecule has 0 fully saturated rings. The molecule has 0 aliphatic rings. The molecule has 156 valence electrons. The molecule has 0 aliphatic carbocycles. The molecule has 0 radical (unpaired) electrons. The summed E-state index contributed by atoms with van der Waals surface area (Å²) in [5, 5.41) is 2.79. The first kappa shape index (κ1) is 21.3. The van der Waals surface area contributed by atoms with Gasteiger partial charge in [0.05, 0.1) is 12.0 Å². The van der Waals surface area contributed by atoms with Crippen molar-refractivity contribution in [2.45, 2.75) is 25.3 Å². The number of carbonyl (C=O) groups is 1. The SMILES string of the molecule is COc1ncccc1CNC(=O)c1cc(S(=O)(=O)Nc2ccc(C)cc2)ccc1C. The Kier molecular flexibility index (Phi) is 6.37. The van der Waals surface area contributed by atoms with Gasteiger partial charge in [0.25, 0.3) is 15.9 Å². The number of pyridine rings is 1. The van der Waals surface area contributed by atoms with E-state index >= 15 is 0 Å². The largest absolute Gasteiger partial charge is 0.481 e. The summed E-state index contributed by atoms with van der Waals surface area (Å²) in [5.74, 6) is 0.0407. The number of hydrogen-bond donors (Lipinski definition) is 2. The van der Waals surface area contributed by atoms with Gasteiger partial charge in [0.1, 0.15) is 0 Å². The number of rotatable bonds is 7. The minimum atomic E-state index is -3.84. The maximum Gasteiger partial charge on any atom is 0.261 e. The van der Waals surface area contributed by atoms with Crippen molar-refractivity contribution >= 4 is 21.6 Å². The van der Waals surface area contributed by atoms with Gasteiger partial charge < -0.3 is 10.1 Å². The molecular formula is C22H23N3O4S. The van der Waals surface area contributed by atoms with Crippen LogP contribution in [0.2, 0.25) is 0 Å². The summed E-state index contributed by atoms with van der Waals surface area (Å²) < 4.78 is 33.3. The number of nitrogens with one attached hydrogen (secondary N) is 2. The predicted molar refractivity (Wildman–Crippen MR) is 115 cm³/mol. The Morgan fingerprint density at radius 3 is 2.50 bits per heavy atom. The molecule has 3 aromatic rings. The van der Waals surface area contributed by atoms with E-state index in [0.717, 1.165) is 11.1 Å². The number of ether oxygens (including phenoxy) is 1. The van der Waals surface area contributed by atoms with Crippen LogP contribution in [-0.2, 0) is 16.6 Å². The first-order valence-electron chi connectivity index (χ1n) is 9.26. The van der Waals surface area contributed by atoms with Crippen molar-refractivity contribution in [3.05, 3.63) is 83.0 Å². The molecule has 0 aliphatic heterocycles. The fraction of sp³-hybridized carbons (Fsp3) is 0.182. The normalized spacial score (nSPS) is 11.0. The molecule has 0 atom stereocenters. The van der Waals surface area contributed by atoms with Crippen LogP contribution in [-0.4, -0.2) is 26.4 Å². The second kappa shape index (κ2) is 8.96. The van der Waals surface area contributed by atoms with Crippen LogP contribution in [0.3, 0.4) is 0 Å². The van der Waals surface area contributed by atoms with Gasteiger partial charge in [-0.05, 0) is 49.7 Å². The van der Waals surface area contributed by atoms with Crippen molar-refractivity contribution in [1.29, 1.82) is 0 Å². The van der Waals surface area contributed by atoms with Crippen molar-refractivity contribution < 1.29 is 17.9 Å². The van der Waals surface area contributed by atoms with E-state index in [2.05, 4.69) is 15.0 Å². The van der Waals surface area contributed by atoms with E-state index in [-0.39, 0.29) is 22.9 Å². The van der Waals surface area contributed by atoms with Crippen molar-refractivity contribution in [2.75, 3.05) is 11.8 Å². The molecular weight excluding hydrogens is 402 g/mol. The summed E-state index contributed by atoms with van der Waals surface area (Å²) in [7, 11) is -2.33. The van der Waals surface area contributed by atoms with Gasteiger partial charge >= 0.3 is 0 Å². The monoisotopic (exact) mass is 425 g/mol. The number of anilines is 1. The van der Waals surface area contributed by atoms with Crippen molar-refractivity contribution in [3.63, 3.8) is 0 Å². The van der Waals surface area contributed by atoms with Gasteiger partial charge in [-0.25, -0.2) is 13.4 Å². The standard InChI is InChI=1S/C22H23N3O4S/c1-15-6-9-18(10-7-15)25-30(27,28)19-11-8-16(2)20(13-19)21(26)24-14-17-5-4-12-23-22(17)29-3/h4-13,25H,14H2,1-3H3,(H,24,26). The summed E-state index contributed by atoms with van der Waals surface area (Å²) in [6, 6.07) is 15.0. The third kappa shape index (κ3) is 4.96. The topological polar surface area (TPSA) is 97.4 Å². The fourth-order valence-corrected chi connectivity index (χ4v) is 3.95. The Morgan fingerprint density at radius 2 is 1.80 bits per heavy atom. The van der Waals surface area contributed by atoms with E-state index in [1.807, 2.05) is 19.1 Å². The molecule has 0 saturated carbocycles. The van der Waals surface area contributed by atoms with Crippen LogP contribution < -0.4 is 14.8 Å². The Hall–Kier alpha value is -3.39. The van der Waals surface area contributed by atoms with Crippen LogP contribution in [0.4, 0.5) is 5.69 Å². The summed E-state index contributed by atoms with van der Waals surface area (Å²) in [5.41, 5.74) is 3.15. The third-order valence-corrected chi connectivity index (χ3v) is 5.93. The molecule has 0 unspecified atom stereocenters. The average molecular weight is 426 g/mol. The van der Waals surface area contributed by atoms with Gasteiger partial charge in [-0.1, -0.05) is 29.8 Å². The number of amides is 1. The maximum atomic E-state index is 12.8. The maximum absolute atomic E-state index is 12.8. The highest BCUT2D eigenvalue weighted by Crippen LogP contribution is 2.20. The Labute approximate surface area is 176 Å². The molecule has 2 N–H and O–H groups in total. The van der Waals surface area contributed by atoms with E-state index < -0.39 is 10.0 Å². The lowest BCUT2D eigenvalue weighted by Gasteiger charge is -2.12. The van der Waals surface area contributed by atoms with Crippen molar-refractivity contribution in [3.8, 4) is 5.88 Å². The van der Waals surface area contributed by atoms with Crippen LogP contribution in [0.1, 0.15) is 27.0 Å². The molecule has 1 aromatic heterocycles. The summed E-state index contributed by atoms with van der Waals surface area (Å²) >= 11 is 0. The second-order valence-corrected chi connectivity index (χ2v) is 8.49. The zero-order chi connectivity index (χ0) is 21.7. The Morgan fingerprint density at radius 1 is 1.07 bits per heavy atom. The van der Waals surface area contributed by atoms with Crippen LogP contribution in [0.25, 0.3) is 0 Å². The first-order chi connectivity index (χ1) is 14.3. The van der Waals surface area contributed by atoms with E-state index in [0.29, 0.717) is 17.1 Å². The van der Waals surface area contributed by atoms with E-state index in [1.165, 1.54) is 19.2 Å². The third-order valence-electron chi connectivity index (χ3n) is 4.55. The molecule has 2 aromatic carbocycles. The van der Waals surface area contributed by atoms with E-state index in [9.17, 15) is 13.2 Å². The highest BCUT2D eigenvalue weighted by molar-refractivity contribution is 7.92. The molecule has 3 rings (SSSR count). The summed E-state index contributed by atoms with van der Waals surface area (Å²) in [4.78, 5) is 16.8. The van der Waals surface area contributed by atoms with E-state index in [1.54, 1.807) is 43.5 Å². The zero-order valence-electron chi connectivity index (χ0n) is 17.0. The van der Waals surface area contributed by atoms with Gasteiger partial charge in [0.2, 0.25) is 5.88 Å². The number of aryl methyl sites for hydroxylation is 2. The average Bonchev–Trinajstić information content (AvgIpc) is 2.74. The number of methoxy groups -OCH3 is 1. The highest BCUT2D eigenvalue weighted by atomic mass is 32.2. The lowest BCUT2D eigenvalue weighted by atomic mass is 10.1. The number of carbonyl (C=O) groups excluding carboxylic acids is 1. The summed E-state index contributed by atoms with van der Waals surface area (Å²) in [6.45, 7) is 3.88. The molecule has 0 bridgehead atoms. The number of sulfonamides is 1. The number of benzene rings is 2. The van der Waals surface area contributed by atoms with Crippen LogP contribution in [0, 0.1) is 13.8 Å². The zero-order valence-corrected chi connectivity index (χ0v) is 17.8. The molecule has 0 spiro atoms. The van der Waals surface area contributed by atoms with Gasteiger partial charge in [-0.15, -0.1) is 0 Å². The Balaban J connectivity index is 1.80. The second-order valence-electron chi connectivity index (χ2n) is 6.80. The van der Waals surface area contributed by atoms with Gasteiger partial charge in [-0.3, -0.25) is 9.52 Å². The van der Waals surface area contributed by atoms with Gasteiger partial charge in [-0.2, -0.15) is 0 Å². The first-order valence-corrected chi connectivity index (χ1v) is 10.7. The van der Waals surface area contributed by atoms with Crippen LogP contribution >= 0.6 is 0 Å². The quantitative estimate of drug-likeness (QED) is 0.604. The molecule has 0 saturated heterocycles. The number of hydrogen-bond acceptors (Lipinski definition) is 5. The van der Waals surface area contributed by atoms with Crippen LogP contribution in [0.15, 0.2) is 65.7 Å². The van der Waals surface area contributed by atoms with Gasteiger partial charge in [0, 0.05) is 29.6 Å². The van der Waals surface area contributed by atoms with Gasteiger partial charge in [0.15, 0.2) is 0 Å². The number of aromatic nitrogens is 1. The van der Waals surface area contributed by atoms with Crippen molar-refractivity contribution in [2.24, 2.45) is 0 Å². The smallest absolute Gasteiger partial charge is 0.261 e. The van der Waals surface area contributed by atoms with E-state index in [4.69, 9.17) is 4.74 Å². The predicted octanol–water partition coefficient (Wildman–Crippen LogP) is 3.44. The summed E-state index contributed by atoms with van der Waals surface area (Å²) in [6.07, 6.45) is 1.60. The molecule has 7 nitrogen and oxygen atoms in total. The molecule has 1 amide bonds. The lowest BCUT2D eigenvalue weighted by Crippen LogP contribution is -2.24. The fourth-order valence-electron chi connectivity index (χ4n) is 2.86. The lowest BCUT2D eigenvalue weighted by molar-refractivity contribution is 0.0950. The molecule has 30 heavy (non-hydrogen) atoms. The Bertz CT molecular complexity index is 1160. The van der Waals surface area contributed by atoms with Crippen molar-refractivity contribution in [1.82, 2.24) is 10.3 Å². The minimum Gasteiger partial charge on any atom is -0.481 e. The van der Waals surface area contributed by atoms with Crippen LogP contribution in [0.5, 0.6) is 5.88 Å².